The second-order valence-electron chi connectivity index (χ2n) is 7.42. The lowest BCUT2D eigenvalue weighted by Crippen LogP contribution is -2.50. The highest BCUT2D eigenvalue weighted by Crippen LogP contribution is 2.58. The SMILES string of the molecule is CNC(=O)[C@]1(NS(=O)(=O)c2ccc(-c3cc(C(F)(F)F)on3)s2)[C@H](C)[C@@H]1c1ccccc1. The molecule has 1 aliphatic carbocycles. The Morgan fingerprint density at radius 1 is 1.19 bits per heavy atom. The molecule has 0 bridgehead atoms. The summed E-state index contributed by atoms with van der Waals surface area (Å²) in [5, 5.41) is 5.91. The first kappa shape index (κ1) is 22.5. The molecule has 1 aromatic carbocycles. The van der Waals surface area contributed by atoms with Crippen LogP contribution >= 0.6 is 11.3 Å². The first-order valence-corrected chi connectivity index (χ1v) is 11.8. The molecule has 170 valence electrons. The van der Waals surface area contributed by atoms with Crippen LogP contribution in [0.15, 0.2) is 57.3 Å². The smallest absolute Gasteiger partial charge is 0.358 e. The normalized spacial score (nSPS) is 23.2. The van der Waals surface area contributed by atoms with Gasteiger partial charge in [0.05, 0.1) is 4.88 Å². The number of nitrogens with zero attached hydrogens (tertiary/aromatic N) is 1. The third kappa shape index (κ3) is 3.71. The summed E-state index contributed by atoms with van der Waals surface area (Å²) >= 11 is 0.731. The van der Waals surface area contributed by atoms with Crippen molar-refractivity contribution in [1.29, 1.82) is 0 Å². The maximum atomic E-state index is 13.1. The summed E-state index contributed by atoms with van der Waals surface area (Å²) in [5.74, 6) is -2.43. The molecule has 1 aliphatic rings. The Bertz CT molecular complexity index is 1250. The Labute approximate surface area is 185 Å². The van der Waals surface area contributed by atoms with Crippen molar-refractivity contribution in [3.05, 3.63) is 59.9 Å². The number of hydrogen-bond acceptors (Lipinski definition) is 6. The van der Waals surface area contributed by atoms with Gasteiger partial charge in [0.15, 0.2) is 0 Å². The second-order valence-corrected chi connectivity index (χ2v) is 10.4. The van der Waals surface area contributed by atoms with Crippen LogP contribution in [0.4, 0.5) is 13.2 Å². The van der Waals surface area contributed by atoms with E-state index in [1.807, 2.05) is 30.3 Å². The molecule has 2 aromatic heterocycles. The van der Waals surface area contributed by atoms with Gasteiger partial charge in [-0.3, -0.25) is 4.79 Å². The van der Waals surface area contributed by atoms with Crippen molar-refractivity contribution in [2.24, 2.45) is 5.92 Å². The van der Waals surface area contributed by atoms with Gasteiger partial charge < -0.3 is 9.84 Å². The van der Waals surface area contributed by atoms with Crippen LogP contribution in [0.1, 0.15) is 24.2 Å². The number of alkyl halides is 3. The van der Waals surface area contributed by atoms with Crippen molar-refractivity contribution in [3.8, 4) is 10.6 Å². The molecule has 3 atom stereocenters. The van der Waals surface area contributed by atoms with E-state index in [2.05, 4.69) is 19.7 Å². The van der Waals surface area contributed by atoms with Gasteiger partial charge in [0.2, 0.25) is 11.7 Å². The molecule has 0 unspecified atom stereocenters. The molecule has 1 amide bonds. The molecule has 0 radical (unpaired) electrons. The van der Waals surface area contributed by atoms with Crippen molar-refractivity contribution in [3.63, 3.8) is 0 Å². The number of sulfonamides is 1. The number of likely N-dealkylation sites (N-methyl/N-ethyl adjacent to an activating group) is 1. The van der Waals surface area contributed by atoms with Crippen molar-refractivity contribution < 1.29 is 30.9 Å². The predicted molar refractivity (Wildman–Crippen MR) is 110 cm³/mol. The highest BCUT2D eigenvalue weighted by molar-refractivity contribution is 7.91. The summed E-state index contributed by atoms with van der Waals surface area (Å²) in [5.41, 5.74) is -0.691. The molecule has 0 saturated heterocycles. The maximum Gasteiger partial charge on any atom is 0.452 e. The first-order chi connectivity index (χ1) is 15.0. The van der Waals surface area contributed by atoms with E-state index in [1.165, 1.54) is 19.2 Å². The topological polar surface area (TPSA) is 101 Å². The number of rotatable bonds is 6. The van der Waals surface area contributed by atoms with Gasteiger partial charge in [0.1, 0.15) is 15.4 Å². The van der Waals surface area contributed by atoms with E-state index in [1.54, 1.807) is 6.92 Å². The fraction of sp³-hybridized carbons (Fsp3) is 0.300. The molecule has 7 nitrogen and oxygen atoms in total. The third-order valence-electron chi connectivity index (χ3n) is 5.55. The summed E-state index contributed by atoms with van der Waals surface area (Å²) in [6, 6.07) is 12.4. The van der Waals surface area contributed by atoms with Crippen LogP contribution in [-0.4, -0.2) is 32.1 Å². The largest absolute Gasteiger partial charge is 0.452 e. The van der Waals surface area contributed by atoms with E-state index in [0.717, 1.165) is 16.9 Å². The Morgan fingerprint density at radius 3 is 2.47 bits per heavy atom. The quantitative estimate of drug-likeness (QED) is 0.556. The molecule has 1 fully saturated rings. The van der Waals surface area contributed by atoms with Crippen LogP contribution in [0.5, 0.6) is 0 Å². The number of aromatic nitrogens is 1. The number of thiophene rings is 1. The molecule has 2 heterocycles. The number of amides is 1. The highest BCUT2D eigenvalue weighted by atomic mass is 32.2. The van der Waals surface area contributed by atoms with Gasteiger partial charge in [-0.15, -0.1) is 11.3 Å². The van der Waals surface area contributed by atoms with Crippen molar-refractivity contribution >= 4 is 27.3 Å². The molecule has 0 aliphatic heterocycles. The van der Waals surface area contributed by atoms with Crippen molar-refractivity contribution in [1.82, 2.24) is 15.2 Å². The van der Waals surface area contributed by atoms with E-state index in [9.17, 15) is 26.4 Å². The molecule has 2 N–H and O–H groups in total. The fourth-order valence-corrected chi connectivity index (χ4v) is 6.65. The van der Waals surface area contributed by atoms with Crippen molar-refractivity contribution in [2.75, 3.05) is 7.05 Å². The maximum absolute atomic E-state index is 13.1. The first-order valence-electron chi connectivity index (χ1n) is 9.46. The van der Waals surface area contributed by atoms with E-state index >= 15 is 0 Å². The van der Waals surface area contributed by atoms with Gasteiger partial charge in [-0.2, -0.15) is 17.9 Å². The molecule has 3 aromatic rings. The zero-order valence-electron chi connectivity index (χ0n) is 16.8. The zero-order valence-corrected chi connectivity index (χ0v) is 18.4. The average Bonchev–Trinajstić information content (AvgIpc) is 3.20. The van der Waals surface area contributed by atoms with E-state index in [4.69, 9.17) is 0 Å². The molecular formula is C20H18F3N3O4S2. The number of carbonyl (C=O) groups excluding carboxylic acids is 1. The minimum absolute atomic E-state index is 0.133. The van der Waals surface area contributed by atoms with Crippen molar-refractivity contribution in [2.45, 2.75) is 28.8 Å². The monoisotopic (exact) mass is 485 g/mol. The van der Waals surface area contributed by atoms with Gasteiger partial charge >= 0.3 is 6.18 Å². The van der Waals surface area contributed by atoms with Crippen LogP contribution in [0, 0.1) is 5.92 Å². The van der Waals surface area contributed by atoms with Crippen LogP contribution in [0.3, 0.4) is 0 Å². The second kappa shape index (κ2) is 7.71. The lowest BCUT2D eigenvalue weighted by molar-refractivity contribution is -0.155. The Hall–Kier alpha value is -2.70. The molecule has 12 heteroatoms. The number of hydrogen-bond donors (Lipinski definition) is 2. The zero-order chi connectivity index (χ0) is 23.3. The lowest BCUT2D eigenvalue weighted by atomic mass is 10.1. The van der Waals surface area contributed by atoms with E-state index in [0.29, 0.717) is 6.07 Å². The molecule has 4 rings (SSSR count). The van der Waals surface area contributed by atoms with Gasteiger partial charge in [0.25, 0.3) is 10.0 Å². The molecule has 32 heavy (non-hydrogen) atoms. The number of carbonyl (C=O) groups is 1. The minimum atomic E-state index is -4.70. The minimum Gasteiger partial charge on any atom is -0.358 e. The van der Waals surface area contributed by atoms with Gasteiger partial charge in [0, 0.05) is 19.0 Å². The fourth-order valence-electron chi connectivity index (χ4n) is 3.93. The predicted octanol–water partition coefficient (Wildman–Crippen LogP) is 3.62. The molecule has 1 saturated carbocycles. The molecule has 0 spiro atoms. The van der Waals surface area contributed by atoms with Crippen LogP contribution in [0.2, 0.25) is 0 Å². The van der Waals surface area contributed by atoms with E-state index < -0.39 is 33.4 Å². The highest BCUT2D eigenvalue weighted by Gasteiger charge is 2.69. The summed E-state index contributed by atoms with van der Waals surface area (Å²) in [6.45, 7) is 1.78. The average molecular weight is 486 g/mol. The van der Waals surface area contributed by atoms with Crippen LogP contribution < -0.4 is 10.0 Å². The third-order valence-corrected chi connectivity index (χ3v) is 8.64. The van der Waals surface area contributed by atoms with Crippen LogP contribution in [-0.2, 0) is 21.0 Å². The van der Waals surface area contributed by atoms with E-state index in [-0.39, 0.29) is 26.6 Å². The summed E-state index contributed by atoms with van der Waals surface area (Å²) in [4.78, 5) is 12.9. The summed E-state index contributed by atoms with van der Waals surface area (Å²) in [6.07, 6.45) is -4.70. The standard InChI is InChI=1S/C20H18F3N3O4S2/c1-11-17(12-6-4-3-5-7-12)19(11,18(27)24-2)26-32(28,29)16-9-8-14(31-16)13-10-15(30-25-13)20(21,22)23/h3-11,17,26H,1-2H3,(H,24,27)/t11-,17-,19+/m1/s1. The number of benzene rings is 1. The van der Waals surface area contributed by atoms with Gasteiger partial charge in [-0.05, 0) is 23.6 Å². The van der Waals surface area contributed by atoms with Gasteiger partial charge in [-0.25, -0.2) is 8.42 Å². The Morgan fingerprint density at radius 2 is 1.88 bits per heavy atom. The van der Waals surface area contributed by atoms with Gasteiger partial charge in [-0.1, -0.05) is 42.4 Å². The molecular weight excluding hydrogens is 467 g/mol. The summed E-state index contributed by atoms with van der Waals surface area (Å²) in [7, 11) is -2.74. The number of halogens is 3. The Balaban J connectivity index is 1.64. The van der Waals surface area contributed by atoms with Crippen LogP contribution in [0.25, 0.3) is 10.6 Å². The Kier molecular flexibility index (Phi) is 5.42. The number of nitrogens with one attached hydrogen (secondary N) is 2. The lowest BCUT2D eigenvalue weighted by Gasteiger charge is -2.18. The summed E-state index contributed by atoms with van der Waals surface area (Å²) < 4.78 is 71.2.